The van der Waals surface area contributed by atoms with E-state index in [-0.39, 0.29) is 11.6 Å². The normalized spacial score (nSPS) is 10.9. The van der Waals surface area contributed by atoms with Crippen LogP contribution in [0.1, 0.15) is 36.6 Å². The van der Waals surface area contributed by atoms with Gasteiger partial charge in [0.1, 0.15) is 5.75 Å². The van der Waals surface area contributed by atoms with Gasteiger partial charge in [-0.3, -0.25) is 10.1 Å². The van der Waals surface area contributed by atoms with Crippen LogP contribution in [0.15, 0.2) is 59.8 Å². The number of aromatic nitrogens is 2. The quantitative estimate of drug-likeness (QED) is 0.214. The number of hydrogen-bond donors (Lipinski definition) is 0. The molecule has 0 saturated carbocycles. The summed E-state index contributed by atoms with van der Waals surface area (Å²) < 4.78 is 5.83. The van der Waals surface area contributed by atoms with Crippen LogP contribution in [0.5, 0.6) is 11.6 Å². The van der Waals surface area contributed by atoms with Crippen LogP contribution >= 0.6 is 11.8 Å². The van der Waals surface area contributed by atoms with Crippen molar-refractivity contribution in [3.63, 3.8) is 0 Å². The van der Waals surface area contributed by atoms with Crippen molar-refractivity contribution < 1.29 is 9.66 Å². The fourth-order valence-electron chi connectivity index (χ4n) is 2.54. The topological polar surface area (TPSA) is 78.2 Å². The van der Waals surface area contributed by atoms with Crippen LogP contribution in [-0.4, -0.2) is 14.9 Å². The minimum Gasteiger partial charge on any atom is -0.439 e. The first kappa shape index (κ1) is 19.8. The molecule has 1 aromatic heterocycles. The van der Waals surface area contributed by atoms with Crippen LogP contribution in [0, 0.1) is 17.0 Å². The van der Waals surface area contributed by atoms with Gasteiger partial charge in [0.15, 0.2) is 5.16 Å². The Morgan fingerprint density at radius 1 is 1.11 bits per heavy atom. The number of aryl methyl sites for hydroxylation is 1. The summed E-state index contributed by atoms with van der Waals surface area (Å²) in [4.78, 5) is 19.5. The lowest BCUT2D eigenvalue weighted by Gasteiger charge is -2.11. The van der Waals surface area contributed by atoms with Crippen molar-refractivity contribution in [2.75, 3.05) is 0 Å². The molecule has 0 fully saturated rings. The lowest BCUT2D eigenvalue weighted by atomic mass is 10.1. The first-order chi connectivity index (χ1) is 13.4. The van der Waals surface area contributed by atoms with Crippen molar-refractivity contribution in [1.82, 2.24) is 9.97 Å². The Balaban J connectivity index is 1.79. The summed E-state index contributed by atoms with van der Waals surface area (Å²) in [5.74, 6) is 1.91. The highest BCUT2D eigenvalue weighted by atomic mass is 32.2. The van der Waals surface area contributed by atoms with Gasteiger partial charge in [-0.15, -0.1) is 0 Å². The number of nitro groups is 1. The molecule has 0 saturated heterocycles. The highest BCUT2D eigenvalue weighted by molar-refractivity contribution is 7.98. The van der Waals surface area contributed by atoms with E-state index >= 15 is 0 Å². The summed E-state index contributed by atoms with van der Waals surface area (Å²) >= 11 is 1.55. The molecule has 0 aliphatic heterocycles. The second-order valence-electron chi connectivity index (χ2n) is 6.70. The van der Waals surface area contributed by atoms with Crippen LogP contribution in [-0.2, 0) is 5.75 Å². The predicted octanol–water partition coefficient (Wildman–Crippen LogP) is 5.90. The average molecular weight is 395 g/mol. The summed E-state index contributed by atoms with van der Waals surface area (Å²) in [6.07, 6.45) is 0. The Bertz CT molecular complexity index is 975. The second-order valence-corrected chi connectivity index (χ2v) is 7.64. The Kier molecular flexibility index (Phi) is 6.26. The average Bonchev–Trinajstić information content (AvgIpc) is 2.67. The van der Waals surface area contributed by atoms with Crippen LogP contribution in [0.3, 0.4) is 0 Å². The Morgan fingerprint density at radius 2 is 1.86 bits per heavy atom. The third-order valence-corrected chi connectivity index (χ3v) is 4.93. The Labute approximate surface area is 168 Å². The van der Waals surface area contributed by atoms with Gasteiger partial charge in [0.05, 0.1) is 10.6 Å². The van der Waals surface area contributed by atoms with Gasteiger partial charge < -0.3 is 4.74 Å². The van der Waals surface area contributed by atoms with Gasteiger partial charge in [0, 0.05) is 24.0 Å². The summed E-state index contributed by atoms with van der Waals surface area (Å²) in [6.45, 7) is 6.19. The molecule has 0 atom stereocenters. The first-order valence-electron chi connectivity index (χ1n) is 8.90. The first-order valence-corrected chi connectivity index (χ1v) is 9.89. The van der Waals surface area contributed by atoms with E-state index in [0.29, 0.717) is 16.8 Å². The zero-order valence-electron chi connectivity index (χ0n) is 16.0. The molecule has 0 bridgehead atoms. The van der Waals surface area contributed by atoms with Gasteiger partial charge in [-0.05, 0) is 30.5 Å². The fourth-order valence-corrected chi connectivity index (χ4v) is 3.34. The minimum atomic E-state index is -0.439. The molecule has 2 aromatic carbocycles. The Morgan fingerprint density at radius 3 is 2.50 bits per heavy atom. The minimum absolute atomic E-state index is 0.0207. The van der Waals surface area contributed by atoms with E-state index in [1.807, 2.05) is 12.1 Å². The maximum atomic E-state index is 10.8. The van der Waals surface area contributed by atoms with Crippen molar-refractivity contribution in [3.05, 3.63) is 81.5 Å². The molecule has 0 spiro atoms. The molecule has 0 aliphatic rings. The summed E-state index contributed by atoms with van der Waals surface area (Å²) in [6, 6.07) is 16.1. The molecule has 0 radical (unpaired) electrons. The molecule has 6 nitrogen and oxygen atoms in total. The lowest BCUT2D eigenvalue weighted by molar-refractivity contribution is -0.384. The van der Waals surface area contributed by atoms with Crippen molar-refractivity contribution in [2.24, 2.45) is 0 Å². The van der Waals surface area contributed by atoms with E-state index in [1.165, 1.54) is 23.3 Å². The number of thioether (sulfide) groups is 1. The van der Waals surface area contributed by atoms with Gasteiger partial charge in [-0.2, -0.15) is 4.98 Å². The van der Waals surface area contributed by atoms with Gasteiger partial charge in [-0.1, -0.05) is 55.4 Å². The van der Waals surface area contributed by atoms with Crippen LogP contribution < -0.4 is 4.74 Å². The monoisotopic (exact) mass is 395 g/mol. The standard InChI is InChI=1S/C21H21N3O3S/c1-14(2)19-12-20(27-18-9-7-17(8-10-18)24(25)26)23-21(22-19)28-13-16-6-4-5-15(3)11-16/h4-12,14H,13H2,1-3H3. The summed E-state index contributed by atoms with van der Waals surface area (Å²) in [7, 11) is 0. The maximum Gasteiger partial charge on any atom is 0.269 e. The molecular formula is C21H21N3O3S. The largest absolute Gasteiger partial charge is 0.439 e. The highest BCUT2D eigenvalue weighted by Crippen LogP contribution is 2.28. The molecule has 0 N–H and O–H groups in total. The third kappa shape index (κ3) is 5.29. The molecule has 1 heterocycles. The van der Waals surface area contributed by atoms with Crippen LogP contribution in [0.25, 0.3) is 0 Å². The maximum absolute atomic E-state index is 10.8. The van der Waals surface area contributed by atoms with Gasteiger partial charge in [0.25, 0.3) is 5.69 Å². The van der Waals surface area contributed by atoms with E-state index in [4.69, 9.17) is 4.74 Å². The summed E-state index contributed by atoms with van der Waals surface area (Å²) in [5.41, 5.74) is 3.34. The smallest absolute Gasteiger partial charge is 0.269 e. The van der Waals surface area contributed by atoms with Crippen molar-refractivity contribution in [3.8, 4) is 11.6 Å². The van der Waals surface area contributed by atoms with Crippen molar-refractivity contribution >= 4 is 17.4 Å². The van der Waals surface area contributed by atoms with Gasteiger partial charge in [-0.25, -0.2) is 4.98 Å². The number of rotatable bonds is 7. The van der Waals surface area contributed by atoms with Crippen LogP contribution in [0.2, 0.25) is 0 Å². The molecule has 0 amide bonds. The zero-order chi connectivity index (χ0) is 20.1. The number of hydrogen-bond acceptors (Lipinski definition) is 6. The van der Waals surface area contributed by atoms with E-state index in [1.54, 1.807) is 23.9 Å². The fraction of sp³-hybridized carbons (Fsp3) is 0.238. The molecule has 28 heavy (non-hydrogen) atoms. The summed E-state index contributed by atoms with van der Waals surface area (Å²) in [5, 5.41) is 11.4. The lowest BCUT2D eigenvalue weighted by Crippen LogP contribution is -2.00. The van der Waals surface area contributed by atoms with Crippen LogP contribution in [0.4, 0.5) is 5.69 Å². The number of benzene rings is 2. The van der Waals surface area contributed by atoms with E-state index in [9.17, 15) is 10.1 Å². The zero-order valence-corrected chi connectivity index (χ0v) is 16.8. The van der Waals surface area contributed by atoms with Gasteiger partial charge >= 0.3 is 0 Å². The number of non-ortho nitro benzene ring substituents is 1. The molecule has 0 aliphatic carbocycles. The number of nitro benzene ring substituents is 1. The number of nitrogens with zero attached hydrogens (tertiary/aromatic N) is 3. The molecule has 144 valence electrons. The molecule has 0 unspecified atom stereocenters. The molecule has 3 aromatic rings. The van der Waals surface area contributed by atoms with Crippen molar-refractivity contribution in [1.29, 1.82) is 0 Å². The van der Waals surface area contributed by atoms with E-state index < -0.39 is 4.92 Å². The molecular weight excluding hydrogens is 374 g/mol. The molecule has 7 heteroatoms. The van der Waals surface area contributed by atoms with Crippen molar-refractivity contribution in [2.45, 2.75) is 37.6 Å². The predicted molar refractivity (Wildman–Crippen MR) is 110 cm³/mol. The second kappa shape index (κ2) is 8.84. The highest BCUT2D eigenvalue weighted by Gasteiger charge is 2.11. The third-order valence-electron chi connectivity index (χ3n) is 4.01. The van der Waals surface area contributed by atoms with E-state index in [2.05, 4.69) is 48.9 Å². The van der Waals surface area contributed by atoms with E-state index in [0.717, 1.165) is 11.4 Å². The number of ether oxygens (including phenoxy) is 1. The SMILES string of the molecule is Cc1cccc(CSc2nc(Oc3ccc([N+](=O)[O-])cc3)cc(C(C)C)n2)c1. The Hall–Kier alpha value is -2.93. The molecule has 3 rings (SSSR count). The van der Waals surface area contributed by atoms with Gasteiger partial charge in [0.2, 0.25) is 5.88 Å².